The normalized spacial score (nSPS) is 15.0. The van der Waals surface area contributed by atoms with Crippen molar-refractivity contribution in [1.82, 2.24) is 4.90 Å². The summed E-state index contributed by atoms with van der Waals surface area (Å²) >= 11 is 0. The van der Waals surface area contributed by atoms with Gasteiger partial charge in [0.05, 0.1) is 12.8 Å². The number of piperazine rings is 1. The number of methoxy groups -OCH3 is 1. The number of aromatic hydroxyl groups is 1. The minimum absolute atomic E-state index is 0. The number of hydrogen-bond donors (Lipinski definition) is 1. The number of phenolic OH excluding ortho intramolecular Hbond substituents is 1. The molecule has 1 atom stereocenters. The molecule has 1 heterocycles. The van der Waals surface area contributed by atoms with Crippen molar-refractivity contribution in [2.24, 2.45) is 0 Å². The van der Waals surface area contributed by atoms with Crippen molar-refractivity contribution in [1.29, 1.82) is 0 Å². The molecule has 2 aromatic carbocycles. The Morgan fingerprint density at radius 2 is 1.67 bits per heavy atom. The van der Waals surface area contributed by atoms with Crippen LogP contribution < -0.4 is 9.64 Å². The second-order valence-corrected chi connectivity index (χ2v) is 6.08. The SMILES string of the molecule is COc1cc(C(C)N2CCN(c3ccccc3F)CC2)ccc1O.Cl.Cl.O. The molecule has 0 aromatic heterocycles. The molecule has 0 bridgehead atoms. The minimum atomic E-state index is -0.165. The molecule has 27 heavy (non-hydrogen) atoms. The topological polar surface area (TPSA) is 67.4 Å². The van der Waals surface area contributed by atoms with E-state index < -0.39 is 0 Å². The molecule has 0 spiro atoms. The van der Waals surface area contributed by atoms with Gasteiger partial charge in [-0.1, -0.05) is 18.2 Å². The van der Waals surface area contributed by atoms with Crippen molar-refractivity contribution in [3.8, 4) is 11.5 Å². The molecule has 1 unspecified atom stereocenters. The number of hydrogen-bond acceptors (Lipinski definition) is 4. The predicted molar refractivity (Wildman–Crippen MR) is 111 cm³/mol. The van der Waals surface area contributed by atoms with Crippen LogP contribution in [0.2, 0.25) is 0 Å². The Morgan fingerprint density at radius 3 is 2.26 bits per heavy atom. The van der Waals surface area contributed by atoms with E-state index in [9.17, 15) is 9.50 Å². The molecule has 8 heteroatoms. The molecule has 0 saturated carbocycles. The maximum Gasteiger partial charge on any atom is 0.160 e. The fraction of sp³-hybridized carbons (Fsp3) is 0.368. The Kier molecular flexibility index (Phi) is 10.5. The summed E-state index contributed by atoms with van der Waals surface area (Å²) in [5.41, 5.74) is 1.78. The van der Waals surface area contributed by atoms with Crippen LogP contribution in [0.5, 0.6) is 11.5 Å². The monoisotopic (exact) mass is 420 g/mol. The van der Waals surface area contributed by atoms with Gasteiger partial charge >= 0.3 is 0 Å². The molecular formula is C19H27Cl2FN2O3. The number of para-hydroxylation sites is 1. The molecule has 1 saturated heterocycles. The van der Waals surface area contributed by atoms with Gasteiger partial charge in [0, 0.05) is 32.2 Å². The number of rotatable bonds is 4. The van der Waals surface area contributed by atoms with Gasteiger partial charge in [0.1, 0.15) is 5.82 Å². The van der Waals surface area contributed by atoms with E-state index in [1.54, 1.807) is 19.2 Å². The molecule has 1 aliphatic heterocycles. The standard InChI is InChI=1S/C19H23FN2O2.2ClH.H2O/c1-14(15-7-8-18(23)19(13-15)24-2)21-9-11-22(12-10-21)17-6-4-3-5-16(17)20;;;/h3-8,13-14,23H,9-12H2,1-2H3;2*1H;1H2. The number of benzene rings is 2. The second kappa shape index (κ2) is 11.2. The summed E-state index contributed by atoms with van der Waals surface area (Å²) in [4.78, 5) is 4.46. The van der Waals surface area contributed by atoms with Gasteiger partial charge in [0.2, 0.25) is 0 Å². The second-order valence-electron chi connectivity index (χ2n) is 6.08. The van der Waals surface area contributed by atoms with Crippen LogP contribution in [0.15, 0.2) is 42.5 Å². The Labute approximate surface area is 171 Å². The lowest BCUT2D eigenvalue weighted by Crippen LogP contribution is -2.47. The average molecular weight is 421 g/mol. The van der Waals surface area contributed by atoms with Crippen LogP contribution in [-0.2, 0) is 0 Å². The third kappa shape index (κ3) is 5.62. The zero-order valence-corrected chi connectivity index (χ0v) is 17.0. The summed E-state index contributed by atoms with van der Waals surface area (Å²) in [7, 11) is 1.55. The Bertz CT molecular complexity index is 713. The van der Waals surface area contributed by atoms with Crippen LogP contribution in [0.1, 0.15) is 18.5 Å². The molecule has 2 aromatic rings. The van der Waals surface area contributed by atoms with Crippen LogP contribution in [-0.4, -0.2) is 48.8 Å². The minimum Gasteiger partial charge on any atom is -0.504 e. The van der Waals surface area contributed by atoms with Crippen molar-refractivity contribution in [3.63, 3.8) is 0 Å². The fourth-order valence-electron chi connectivity index (χ4n) is 3.22. The van der Waals surface area contributed by atoms with Crippen LogP contribution in [0.25, 0.3) is 0 Å². The Balaban J connectivity index is 0.00000225. The van der Waals surface area contributed by atoms with Crippen LogP contribution in [0, 0.1) is 5.82 Å². The van der Waals surface area contributed by atoms with Crippen molar-refractivity contribution in [2.45, 2.75) is 13.0 Å². The summed E-state index contributed by atoms with van der Waals surface area (Å²) in [6.07, 6.45) is 0. The number of nitrogens with zero attached hydrogens (tertiary/aromatic N) is 2. The molecule has 1 fully saturated rings. The van der Waals surface area contributed by atoms with Crippen molar-refractivity contribution >= 4 is 30.5 Å². The smallest absolute Gasteiger partial charge is 0.160 e. The third-order valence-electron chi connectivity index (χ3n) is 4.74. The van der Waals surface area contributed by atoms with E-state index in [4.69, 9.17) is 4.74 Å². The van der Waals surface area contributed by atoms with E-state index in [1.165, 1.54) is 6.07 Å². The zero-order valence-electron chi connectivity index (χ0n) is 15.4. The number of anilines is 1. The lowest BCUT2D eigenvalue weighted by molar-refractivity contribution is 0.197. The maximum atomic E-state index is 13.9. The van der Waals surface area contributed by atoms with E-state index >= 15 is 0 Å². The van der Waals surface area contributed by atoms with E-state index in [2.05, 4.69) is 16.7 Å². The summed E-state index contributed by atoms with van der Waals surface area (Å²) in [5, 5.41) is 9.73. The number of phenols is 1. The van der Waals surface area contributed by atoms with E-state index in [-0.39, 0.29) is 47.9 Å². The van der Waals surface area contributed by atoms with Crippen molar-refractivity contribution in [2.75, 3.05) is 38.2 Å². The van der Waals surface area contributed by atoms with Gasteiger partial charge in [0.25, 0.3) is 0 Å². The third-order valence-corrected chi connectivity index (χ3v) is 4.74. The van der Waals surface area contributed by atoms with Crippen molar-refractivity contribution in [3.05, 3.63) is 53.8 Å². The van der Waals surface area contributed by atoms with Crippen LogP contribution in [0.3, 0.4) is 0 Å². The summed E-state index contributed by atoms with van der Waals surface area (Å²) in [6, 6.07) is 12.6. The first-order valence-corrected chi connectivity index (χ1v) is 8.20. The first kappa shape index (κ1) is 25.3. The zero-order chi connectivity index (χ0) is 17.1. The van der Waals surface area contributed by atoms with Gasteiger partial charge in [-0.3, -0.25) is 4.90 Å². The molecule has 3 N–H and O–H groups in total. The number of halogens is 3. The van der Waals surface area contributed by atoms with Gasteiger partial charge in [0.15, 0.2) is 11.5 Å². The Morgan fingerprint density at radius 1 is 1.04 bits per heavy atom. The highest BCUT2D eigenvalue weighted by Gasteiger charge is 2.24. The van der Waals surface area contributed by atoms with Crippen LogP contribution in [0.4, 0.5) is 10.1 Å². The average Bonchev–Trinajstić information content (AvgIpc) is 2.62. The molecule has 1 aliphatic rings. The molecule has 3 rings (SSSR count). The van der Waals surface area contributed by atoms with E-state index in [0.29, 0.717) is 11.4 Å². The number of ether oxygens (including phenoxy) is 1. The first-order valence-electron chi connectivity index (χ1n) is 8.20. The largest absolute Gasteiger partial charge is 0.504 e. The van der Waals surface area contributed by atoms with Crippen molar-refractivity contribution < 1.29 is 19.7 Å². The molecule has 0 aliphatic carbocycles. The highest BCUT2D eigenvalue weighted by Crippen LogP contribution is 2.31. The van der Waals surface area contributed by atoms with Gasteiger partial charge in [-0.15, -0.1) is 24.8 Å². The summed E-state index contributed by atoms with van der Waals surface area (Å²) < 4.78 is 19.1. The molecule has 152 valence electrons. The van der Waals surface area contributed by atoms with E-state index in [1.807, 2.05) is 24.3 Å². The van der Waals surface area contributed by atoms with Gasteiger partial charge in [-0.2, -0.15) is 0 Å². The molecule has 0 amide bonds. The van der Waals surface area contributed by atoms with E-state index in [0.717, 1.165) is 31.7 Å². The highest BCUT2D eigenvalue weighted by molar-refractivity contribution is 5.85. The maximum absolute atomic E-state index is 13.9. The van der Waals surface area contributed by atoms with Gasteiger partial charge in [-0.25, -0.2) is 4.39 Å². The molecule has 5 nitrogen and oxygen atoms in total. The van der Waals surface area contributed by atoms with Gasteiger partial charge in [-0.05, 0) is 36.8 Å². The fourth-order valence-corrected chi connectivity index (χ4v) is 3.22. The summed E-state index contributed by atoms with van der Waals surface area (Å²) in [5.74, 6) is 0.476. The lowest BCUT2D eigenvalue weighted by Gasteiger charge is -2.39. The Hall–Kier alpha value is -1.73. The van der Waals surface area contributed by atoms with Crippen LogP contribution >= 0.6 is 24.8 Å². The highest BCUT2D eigenvalue weighted by atomic mass is 35.5. The molecule has 0 radical (unpaired) electrons. The van der Waals surface area contributed by atoms with Gasteiger partial charge < -0.3 is 20.2 Å². The molecular weight excluding hydrogens is 394 g/mol. The predicted octanol–water partition coefficient (Wildman–Crippen LogP) is 3.44. The lowest BCUT2D eigenvalue weighted by atomic mass is 10.0. The first-order chi connectivity index (χ1) is 11.6. The summed E-state index contributed by atoms with van der Waals surface area (Å²) in [6.45, 7) is 5.45. The quantitative estimate of drug-likeness (QED) is 0.822.